The second kappa shape index (κ2) is 7.49. The molecule has 2 rings (SSSR count). The van der Waals surface area contributed by atoms with Crippen molar-refractivity contribution in [3.63, 3.8) is 0 Å². The first-order valence-corrected chi connectivity index (χ1v) is 8.84. The Labute approximate surface area is 144 Å². The molecule has 1 aromatic heterocycles. The molecule has 0 saturated heterocycles. The summed E-state index contributed by atoms with van der Waals surface area (Å²) < 4.78 is 30.6. The normalized spacial score (nSPS) is 12.6. The first kappa shape index (κ1) is 18.7. The van der Waals surface area contributed by atoms with E-state index in [0.29, 0.717) is 0 Å². The number of benzene rings is 1. The molecule has 25 heavy (non-hydrogen) atoms. The number of nitrogens with one attached hydrogen (secondary N) is 2. The molecule has 0 bridgehead atoms. The number of carboxylic acids is 1. The van der Waals surface area contributed by atoms with Crippen molar-refractivity contribution in [1.29, 1.82) is 0 Å². The number of furan rings is 1. The highest BCUT2D eigenvalue weighted by Crippen LogP contribution is 2.19. The zero-order chi connectivity index (χ0) is 18.6. The summed E-state index contributed by atoms with van der Waals surface area (Å²) in [6.07, 6.45) is 0.0977. The smallest absolute Gasteiger partial charge is 0.326 e. The third-order valence-corrected chi connectivity index (χ3v) is 4.83. The van der Waals surface area contributed by atoms with Crippen LogP contribution in [-0.2, 0) is 21.2 Å². The lowest BCUT2D eigenvalue weighted by atomic mass is 10.1. The number of carboxylic acid groups (broad SMARTS) is 1. The van der Waals surface area contributed by atoms with Crippen molar-refractivity contribution in [1.82, 2.24) is 10.0 Å². The molecule has 0 radical (unpaired) electrons. The van der Waals surface area contributed by atoms with E-state index in [1.54, 1.807) is 30.3 Å². The minimum atomic E-state index is -3.84. The molecule has 0 aliphatic heterocycles. The molecule has 0 fully saturated rings. The molecule has 1 unspecified atom stereocenters. The SMILES string of the molecule is CNS(=O)(=O)c1cc(C(=O)NC(Cc2ccccc2)C(=O)O)c(C)o1. The number of carbonyl (C=O) groups excluding carboxylic acids is 1. The maximum atomic E-state index is 12.3. The summed E-state index contributed by atoms with van der Waals surface area (Å²) >= 11 is 0. The summed E-state index contributed by atoms with van der Waals surface area (Å²) in [6.45, 7) is 1.43. The van der Waals surface area contributed by atoms with E-state index in [1.807, 2.05) is 0 Å². The molecule has 0 spiro atoms. The molecule has 0 saturated carbocycles. The molecular formula is C16H18N2O6S. The van der Waals surface area contributed by atoms with Gasteiger partial charge in [0.2, 0.25) is 5.09 Å². The van der Waals surface area contributed by atoms with Crippen LogP contribution in [0.25, 0.3) is 0 Å². The number of amides is 1. The fourth-order valence-electron chi connectivity index (χ4n) is 2.20. The molecule has 0 aliphatic rings. The van der Waals surface area contributed by atoms with E-state index < -0.39 is 33.0 Å². The van der Waals surface area contributed by atoms with E-state index in [0.717, 1.165) is 11.6 Å². The molecular weight excluding hydrogens is 348 g/mol. The number of aryl methyl sites for hydroxylation is 1. The van der Waals surface area contributed by atoms with Gasteiger partial charge in [-0.3, -0.25) is 4.79 Å². The van der Waals surface area contributed by atoms with Gasteiger partial charge in [0.1, 0.15) is 11.8 Å². The molecule has 134 valence electrons. The Morgan fingerprint density at radius 2 is 1.88 bits per heavy atom. The van der Waals surface area contributed by atoms with Crippen LogP contribution in [0.1, 0.15) is 21.7 Å². The van der Waals surface area contributed by atoms with Gasteiger partial charge in [-0.05, 0) is 19.5 Å². The van der Waals surface area contributed by atoms with Gasteiger partial charge in [0.05, 0.1) is 5.56 Å². The van der Waals surface area contributed by atoms with Gasteiger partial charge in [-0.15, -0.1) is 0 Å². The fraction of sp³-hybridized carbons (Fsp3) is 0.250. The van der Waals surface area contributed by atoms with Crippen LogP contribution < -0.4 is 10.0 Å². The Morgan fingerprint density at radius 3 is 2.44 bits per heavy atom. The van der Waals surface area contributed by atoms with Crippen molar-refractivity contribution in [2.75, 3.05) is 7.05 Å². The molecule has 1 atom stereocenters. The van der Waals surface area contributed by atoms with E-state index in [-0.39, 0.29) is 17.7 Å². The predicted molar refractivity (Wildman–Crippen MR) is 88.7 cm³/mol. The van der Waals surface area contributed by atoms with Crippen molar-refractivity contribution < 1.29 is 27.5 Å². The highest BCUT2D eigenvalue weighted by molar-refractivity contribution is 7.89. The first-order valence-electron chi connectivity index (χ1n) is 7.36. The Balaban J connectivity index is 2.20. The Bertz CT molecular complexity index is 873. The Kier molecular flexibility index (Phi) is 5.60. The van der Waals surface area contributed by atoms with Crippen LogP contribution in [0, 0.1) is 6.92 Å². The lowest BCUT2D eigenvalue weighted by Gasteiger charge is -2.14. The van der Waals surface area contributed by atoms with Gasteiger partial charge >= 0.3 is 5.97 Å². The third-order valence-electron chi connectivity index (χ3n) is 3.56. The van der Waals surface area contributed by atoms with Crippen molar-refractivity contribution >= 4 is 21.9 Å². The van der Waals surface area contributed by atoms with Crippen molar-refractivity contribution in [3.05, 3.63) is 53.3 Å². The van der Waals surface area contributed by atoms with E-state index >= 15 is 0 Å². The second-order valence-corrected chi connectivity index (χ2v) is 7.11. The van der Waals surface area contributed by atoms with E-state index in [9.17, 15) is 23.1 Å². The minimum Gasteiger partial charge on any atom is -0.480 e. The molecule has 0 aliphatic carbocycles. The summed E-state index contributed by atoms with van der Waals surface area (Å²) in [5.41, 5.74) is 0.714. The van der Waals surface area contributed by atoms with Gasteiger partial charge in [0.15, 0.2) is 0 Å². The number of hydrogen-bond acceptors (Lipinski definition) is 5. The fourth-order valence-corrected chi connectivity index (χ4v) is 2.91. The summed E-state index contributed by atoms with van der Waals surface area (Å²) in [4.78, 5) is 23.8. The van der Waals surface area contributed by atoms with Crippen LogP contribution in [0.4, 0.5) is 0 Å². The predicted octanol–water partition coefficient (Wildman–Crippen LogP) is 0.922. The number of carbonyl (C=O) groups is 2. The van der Waals surface area contributed by atoms with Crippen molar-refractivity contribution in [3.8, 4) is 0 Å². The number of sulfonamides is 1. The van der Waals surface area contributed by atoms with Crippen LogP contribution >= 0.6 is 0 Å². The maximum absolute atomic E-state index is 12.3. The van der Waals surface area contributed by atoms with Gasteiger partial charge in [-0.1, -0.05) is 30.3 Å². The number of hydrogen-bond donors (Lipinski definition) is 3. The minimum absolute atomic E-state index is 0.0341. The van der Waals surface area contributed by atoms with Gasteiger partial charge in [0.25, 0.3) is 15.9 Å². The quantitative estimate of drug-likeness (QED) is 0.669. The summed E-state index contributed by atoms with van der Waals surface area (Å²) in [6, 6.07) is 8.75. The van der Waals surface area contributed by atoms with E-state index in [4.69, 9.17) is 4.42 Å². The van der Waals surface area contributed by atoms with Gasteiger partial charge in [-0.25, -0.2) is 17.9 Å². The molecule has 2 aromatic rings. The molecule has 1 aromatic carbocycles. The summed E-state index contributed by atoms with van der Waals surface area (Å²) in [5.74, 6) is -1.83. The summed E-state index contributed by atoms with van der Waals surface area (Å²) in [5, 5.41) is 11.3. The van der Waals surface area contributed by atoms with Gasteiger partial charge in [0, 0.05) is 12.5 Å². The van der Waals surface area contributed by atoms with Crippen LogP contribution in [0.15, 0.2) is 45.9 Å². The van der Waals surface area contributed by atoms with E-state index in [1.165, 1.54) is 14.0 Å². The van der Waals surface area contributed by atoms with Gasteiger partial charge < -0.3 is 14.8 Å². The zero-order valence-corrected chi connectivity index (χ0v) is 14.5. The Morgan fingerprint density at radius 1 is 1.24 bits per heavy atom. The zero-order valence-electron chi connectivity index (χ0n) is 13.6. The molecule has 1 heterocycles. The monoisotopic (exact) mass is 366 g/mol. The molecule has 9 heteroatoms. The first-order chi connectivity index (χ1) is 11.7. The van der Waals surface area contributed by atoms with Crippen LogP contribution in [-0.4, -0.2) is 38.5 Å². The summed E-state index contributed by atoms with van der Waals surface area (Å²) in [7, 11) is -2.62. The van der Waals surface area contributed by atoms with E-state index in [2.05, 4.69) is 10.0 Å². The highest BCUT2D eigenvalue weighted by atomic mass is 32.2. The standard InChI is InChI=1S/C16H18N2O6S/c1-10-12(9-14(24-10)25(22,23)17-2)15(19)18-13(16(20)21)8-11-6-4-3-5-7-11/h3-7,9,13,17H,8H2,1-2H3,(H,18,19)(H,20,21). The van der Waals surface area contributed by atoms with Crippen molar-refractivity contribution in [2.24, 2.45) is 0 Å². The van der Waals surface area contributed by atoms with Crippen LogP contribution in [0.3, 0.4) is 0 Å². The lowest BCUT2D eigenvalue weighted by molar-refractivity contribution is -0.139. The maximum Gasteiger partial charge on any atom is 0.326 e. The van der Waals surface area contributed by atoms with Crippen LogP contribution in [0.5, 0.6) is 0 Å². The second-order valence-electron chi connectivity index (χ2n) is 5.30. The largest absolute Gasteiger partial charge is 0.480 e. The lowest BCUT2D eigenvalue weighted by Crippen LogP contribution is -2.42. The van der Waals surface area contributed by atoms with Gasteiger partial charge in [-0.2, -0.15) is 0 Å². The molecule has 8 nitrogen and oxygen atoms in total. The average molecular weight is 366 g/mol. The van der Waals surface area contributed by atoms with Crippen LogP contribution in [0.2, 0.25) is 0 Å². The Hall–Kier alpha value is -2.65. The number of rotatable bonds is 7. The topological polar surface area (TPSA) is 126 Å². The van der Waals surface area contributed by atoms with Crippen molar-refractivity contribution in [2.45, 2.75) is 24.5 Å². The third kappa shape index (κ3) is 4.46. The molecule has 3 N–H and O–H groups in total. The molecule has 1 amide bonds. The average Bonchev–Trinajstić information content (AvgIpc) is 2.98. The number of aliphatic carboxylic acids is 1. The highest BCUT2D eigenvalue weighted by Gasteiger charge is 2.26.